The fourth-order valence-corrected chi connectivity index (χ4v) is 2.60. The van der Waals surface area contributed by atoms with Crippen LogP contribution in [0.15, 0.2) is 0 Å². The van der Waals surface area contributed by atoms with E-state index in [1.165, 1.54) is 0 Å². The molecule has 0 aliphatic heterocycles. The summed E-state index contributed by atoms with van der Waals surface area (Å²) in [7, 11) is 0. The summed E-state index contributed by atoms with van der Waals surface area (Å²) < 4.78 is 5.33. The number of hydrogen-bond acceptors (Lipinski definition) is 3. The van der Waals surface area contributed by atoms with Gasteiger partial charge in [0.1, 0.15) is 5.60 Å². The average molecular weight is 256 g/mol. The molecule has 0 aromatic rings. The van der Waals surface area contributed by atoms with E-state index in [-0.39, 0.29) is 23.6 Å². The van der Waals surface area contributed by atoms with Crippen molar-refractivity contribution in [1.29, 1.82) is 0 Å². The lowest BCUT2D eigenvalue weighted by Crippen LogP contribution is -2.51. The molecule has 4 nitrogen and oxygen atoms in total. The summed E-state index contributed by atoms with van der Waals surface area (Å²) in [5, 5.41) is 3.02. The van der Waals surface area contributed by atoms with E-state index in [2.05, 4.69) is 19.2 Å². The number of carbonyl (C=O) groups is 1. The monoisotopic (exact) mass is 256 g/mol. The smallest absolute Gasteiger partial charge is 0.407 e. The highest BCUT2D eigenvalue weighted by molar-refractivity contribution is 5.68. The van der Waals surface area contributed by atoms with Gasteiger partial charge in [-0.15, -0.1) is 0 Å². The molecule has 3 N–H and O–H groups in total. The number of hydrogen-bond donors (Lipinski definition) is 2. The molecule has 1 fully saturated rings. The van der Waals surface area contributed by atoms with Crippen LogP contribution < -0.4 is 11.1 Å². The van der Waals surface area contributed by atoms with Crippen LogP contribution in [0.5, 0.6) is 0 Å². The molecule has 2 unspecified atom stereocenters. The Morgan fingerprint density at radius 1 is 1.28 bits per heavy atom. The van der Waals surface area contributed by atoms with Crippen molar-refractivity contribution in [3.8, 4) is 0 Å². The molecule has 0 saturated heterocycles. The maximum absolute atomic E-state index is 11.9. The van der Waals surface area contributed by atoms with Crippen LogP contribution in [0.4, 0.5) is 4.79 Å². The number of nitrogens with two attached hydrogens (primary N) is 1. The molecule has 2 atom stereocenters. The Kier molecular flexibility index (Phi) is 4.31. The Morgan fingerprint density at radius 2 is 1.78 bits per heavy atom. The molecule has 4 heteroatoms. The van der Waals surface area contributed by atoms with Crippen LogP contribution in [0.1, 0.15) is 54.4 Å². The van der Waals surface area contributed by atoms with Crippen molar-refractivity contribution in [3.05, 3.63) is 0 Å². The molecule has 1 aliphatic rings. The minimum atomic E-state index is -0.462. The first-order valence-corrected chi connectivity index (χ1v) is 6.83. The summed E-state index contributed by atoms with van der Waals surface area (Å²) in [5.41, 5.74) is 5.68. The largest absolute Gasteiger partial charge is 0.444 e. The lowest BCUT2D eigenvalue weighted by atomic mass is 9.83. The number of carbonyl (C=O) groups excluding carboxylic acids is 1. The van der Waals surface area contributed by atoms with Gasteiger partial charge in [-0.1, -0.05) is 13.8 Å². The van der Waals surface area contributed by atoms with Crippen LogP contribution in [0, 0.1) is 11.3 Å². The van der Waals surface area contributed by atoms with E-state index in [9.17, 15) is 4.79 Å². The van der Waals surface area contributed by atoms with Gasteiger partial charge in [-0.2, -0.15) is 0 Å². The summed E-state index contributed by atoms with van der Waals surface area (Å²) in [5.74, 6) is 0.353. The lowest BCUT2D eigenvalue weighted by molar-refractivity contribution is 0.0449. The SMILES string of the molecule is CC(C)C(NC(=O)OC(C)(C)C)C1(C(C)N)CC1. The van der Waals surface area contributed by atoms with Crippen LogP contribution in [-0.2, 0) is 4.74 Å². The van der Waals surface area contributed by atoms with E-state index in [1.54, 1.807) is 0 Å². The van der Waals surface area contributed by atoms with Crippen molar-refractivity contribution < 1.29 is 9.53 Å². The third kappa shape index (κ3) is 3.61. The first kappa shape index (κ1) is 15.3. The average Bonchev–Trinajstić information content (AvgIpc) is 2.91. The highest BCUT2D eigenvalue weighted by atomic mass is 16.6. The molecule has 18 heavy (non-hydrogen) atoms. The van der Waals surface area contributed by atoms with Crippen molar-refractivity contribution in [2.45, 2.75) is 72.1 Å². The molecule has 1 saturated carbocycles. The predicted octanol–water partition coefficient (Wildman–Crippen LogP) is 2.66. The van der Waals surface area contributed by atoms with Crippen molar-refractivity contribution in [2.24, 2.45) is 17.1 Å². The molecule has 0 bridgehead atoms. The maximum Gasteiger partial charge on any atom is 0.407 e. The summed E-state index contributed by atoms with van der Waals surface area (Å²) in [6.07, 6.45) is 1.83. The van der Waals surface area contributed by atoms with Gasteiger partial charge < -0.3 is 15.8 Å². The Labute approximate surface area is 111 Å². The topological polar surface area (TPSA) is 64.3 Å². The second kappa shape index (κ2) is 5.08. The zero-order chi connectivity index (χ0) is 14.1. The van der Waals surface area contributed by atoms with E-state index in [0.29, 0.717) is 5.92 Å². The van der Waals surface area contributed by atoms with Crippen molar-refractivity contribution in [2.75, 3.05) is 0 Å². The third-order valence-electron chi connectivity index (χ3n) is 3.69. The number of nitrogens with one attached hydrogen (secondary N) is 1. The van der Waals surface area contributed by atoms with Crippen molar-refractivity contribution >= 4 is 6.09 Å². The predicted molar refractivity (Wildman–Crippen MR) is 73.3 cm³/mol. The van der Waals surface area contributed by atoms with Crippen LogP contribution in [0.25, 0.3) is 0 Å². The van der Waals surface area contributed by atoms with Crippen LogP contribution in [-0.4, -0.2) is 23.8 Å². The van der Waals surface area contributed by atoms with E-state index >= 15 is 0 Å². The van der Waals surface area contributed by atoms with Gasteiger partial charge in [-0.25, -0.2) is 4.79 Å². The third-order valence-corrected chi connectivity index (χ3v) is 3.69. The number of rotatable bonds is 4. The van der Waals surface area contributed by atoms with Gasteiger partial charge in [0.05, 0.1) is 0 Å². The fraction of sp³-hybridized carbons (Fsp3) is 0.929. The molecule has 0 aromatic heterocycles. The molecule has 0 radical (unpaired) electrons. The van der Waals surface area contributed by atoms with Gasteiger partial charge in [-0.05, 0) is 46.5 Å². The Balaban J connectivity index is 2.68. The minimum absolute atomic E-state index is 0.0606. The zero-order valence-electron chi connectivity index (χ0n) is 12.5. The number of amides is 1. The van der Waals surface area contributed by atoms with Crippen LogP contribution in [0.2, 0.25) is 0 Å². The van der Waals surface area contributed by atoms with Crippen molar-refractivity contribution in [1.82, 2.24) is 5.32 Å². The molecule has 106 valence electrons. The van der Waals surface area contributed by atoms with Gasteiger partial charge in [-0.3, -0.25) is 0 Å². The van der Waals surface area contributed by atoms with Gasteiger partial charge in [0.25, 0.3) is 0 Å². The Bertz CT molecular complexity index is 301. The Morgan fingerprint density at radius 3 is 2.06 bits per heavy atom. The molecule has 1 amide bonds. The first-order chi connectivity index (χ1) is 8.08. The summed E-state index contributed by atoms with van der Waals surface area (Å²) in [6, 6.07) is 0.187. The standard InChI is InChI=1S/C14H28N2O2/c1-9(2)11(14(7-8-14)10(3)15)16-12(17)18-13(4,5)6/h9-11H,7-8,15H2,1-6H3,(H,16,17). The van der Waals surface area contributed by atoms with Gasteiger partial charge in [0, 0.05) is 17.5 Å². The van der Waals surface area contributed by atoms with E-state index in [1.807, 2.05) is 27.7 Å². The lowest BCUT2D eigenvalue weighted by Gasteiger charge is -2.34. The second-order valence-corrected chi connectivity index (χ2v) is 6.89. The van der Waals surface area contributed by atoms with E-state index < -0.39 is 5.60 Å². The van der Waals surface area contributed by atoms with Crippen LogP contribution in [0.3, 0.4) is 0 Å². The van der Waals surface area contributed by atoms with Gasteiger partial charge in [0.2, 0.25) is 0 Å². The Hall–Kier alpha value is -0.770. The molecule has 1 rings (SSSR count). The highest BCUT2D eigenvalue weighted by Crippen LogP contribution is 2.52. The first-order valence-electron chi connectivity index (χ1n) is 6.83. The maximum atomic E-state index is 11.9. The molecule has 1 aliphatic carbocycles. The molecule has 0 spiro atoms. The summed E-state index contributed by atoms with van der Waals surface area (Å²) in [6.45, 7) is 11.9. The van der Waals surface area contributed by atoms with Crippen LogP contribution >= 0.6 is 0 Å². The fourth-order valence-electron chi connectivity index (χ4n) is 2.60. The number of alkyl carbamates (subject to hydrolysis) is 1. The summed E-state index contributed by atoms with van der Waals surface area (Å²) in [4.78, 5) is 11.9. The highest BCUT2D eigenvalue weighted by Gasteiger charge is 2.53. The molecule has 0 aromatic carbocycles. The van der Waals surface area contributed by atoms with Crippen molar-refractivity contribution in [3.63, 3.8) is 0 Å². The second-order valence-electron chi connectivity index (χ2n) is 6.89. The quantitative estimate of drug-likeness (QED) is 0.812. The van der Waals surface area contributed by atoms with Gasteiger partial charge in [0.15, 0.2) is 0 Å². The van der Waals surface area contributed by atoms with E-state index in [4.69, 9.17) is 10.5 Å². The molecular formula is C14H28N2O2. The minimum Gasteiger partial charge on any atom is -0.444 e. The van der Waals surface area contributed by atoms with Gasteiger partial charge >= 0.3 is 6.09 Å². The van der Waals surface area contributed by atoms with E-state index in [0.717, 1.165) is 12.8 Å². The molecular weight excluding hydrogens is 228 g/mol. The summed E-state index contributed by atoms with van der Waals surface area (Å²) >= 11 is 0. The zero-order valence-corrected chi connectivity index (χ0v) is 12.5. The number of ether oxygens (including phenoxy) is 1. The molecule has 0 heterocycles. The normalized spacial score (nSPS) is 21.3.